The molecular weight excluding hydrogens is 368 g/mol. The van der Waals surface area contributed by atoms with Crippen molar-refractivity contribution in [2.24, 2.45) is 7.05 Å². The Morgan fingerprint density at radius 1 is 1.08 bits per heavy atom. The monoisotopic (exact) mass is 381 g/mol. The number of pyridine rings is 1. The molecule has 0 radical (unpaired) electrons. The summed E-state index contributed by atoms with van der Waals surface area (Å²) in [6, 6.07) is 3.55. The molecule has 0 aromatic carbocycles. The topological polar surface area (TPSA) is 49.2 Å². The molecule has 0 unspecified atom stereocenters. The highest BCUT2D eigenvalue weighted by molar-refractivity contribution is 5.31. The Kier molecular flexibility index (Phi) is 5.47. The lowest BCUT2D eigenvalue weighted by Gasteiger charge is -2.07. The van der Waals surface area contributed by atoms with Crippen LogP contribution in [0.15, 0.2) is 30.5 Å². The number of ether oxygens (including phenoxy) is 2. The summed E-state index contributed by atoms with van der Waals surface area (Å²) in [5, 5.41) is 3.30. The van der Waals surface area contributed by atoms with Gasteiger partial charge in [0.25, 0.3) is 0 Å². The summed E-state index contributed by atoms with van der Waals surface area (Å²) in [4.78, 5) is 3.88. The highest BCUT2D eigenvalue weighted by Gasteiger charge is 2.35. The fourth-order valence-corrected chi connectivity index (χ4v) is 1.81. The molecule has 0 spiro atoms. The number of aryl methyl sites for hydroxylation is 2. The molecule has 0 N–H and O–H groups in total. The molecule has 0 atom stereocenters. The molecule has 0 saturated heterocycles. The molecule has 0 bridgehead atoms. The third-order valence-corrected chi connectivity index (χ3v) is 2.89. The molecule has 0 aliphatic carbocycles. The standard InChI is InChI=1S/C15H13F6N3O2/c1-9-6-11(25-5-3-4-14(16,17)18)22-12(7-9)26-13-8-10(15(19,20)21)23-24(13)2/h3,5-8H,4H2,1-2H3/b5-3+. The normalized spacial score (nSPS) is 12.6. The van der Waals surface area contributed by atoms with Gasteiger partial charge < -0.3 is 9.47 Å². The summed E-state index contributed by atoms with van der Waals surface area (Å²) in [7, 11) is 1.26. The number of aromatic nitrogens is 3. The highest BCUT2D eigenvalue weighted by Crippen LogP contribution is 2.32. The van der Waals surface area contributed by atoms with E-state index in [1.807, 2.05) is 0 Å². The van der Waals surface area contributed by atoms with E-state index in [1.165, 1.54) is 19.2 Å². The molecule has 2 rings (SSSR count). The first-order valence-corrected chi connectivity index (χ1v) is 7.10. The van der Waals surface area contributed by atoms with Gasteiger partial charge in [-0.2, -0.15) is 36.4 Å². The first-order valence-electron chi connectivity index (χ1n) is 7.10. The quantitative estimate of drug-likeness (QED) is 0.553. The van der Waals surface area contributed by atoms with Crippen LogP contribution in [0.4, 0.5) is 26.3 Å². The van der Waals surface area contributed by atoms with Crippen LogP contribution in [0.3, 0.4) is 0 Å². The SMILES string of the molecule is Cc1cc(O/C=C/CC(F)(F)F)nc(Oc2cc(C(F)(F)F)nn2C)c1. The van der Waals surface area contributed by atoms with E-state index >= 15 is 0 Å². The van der Waals surface area contributed by atoms with Crippen molar-refractivity contribution < 1.29 is 35.8 Å². The Labute approximate surface area is 143 Å². The molecule has 142 valence electrons. The van der Waals surface area contributed by atoms with Gasteiger partial charge in [-0.1, -0.05) is 0 Å². The summed E-state index contributed by atoms with van der Waals surface area (Å²) >= 11 is 0. The number of nitrogens with zero attached hydrogens (tertiary/aromatic N) is 3. The van der Waals surface area contributed by atoms with Crippen molar-refractivity contribution >= 4 is 0 Å². The van der Waals surface area contributed by atoms with E-state index in [9.17, 15) is 26.3 Å². The second-order valence-electron chi connectivity index (χ2n) is 5.22. The van der Waals surface area contributed by atoms with Crippen molar-refractivity contribution in [2.75, 3.05) is 0 Å². The lowest BCUT2D eigenvalue weighted by molar-refractivity contribution is -0.141. The number of rotatable bonds is 5. The van der Waals surface area contributed by atoms with Gasteiger partial charge in [-0.25, -0.2) is 4.68 Å². The zero-order chi connectivity index (χ0) is 19.5. The zero-order valence-electron chi connectivity index (χ0n) is 13.5. The summed E-state index contributed by atoms with van der Waals surface area (Å²) in [6.45, 7) is 1.63. The highest BCUT2D eigenvalue weighted by atomic mass is 19.4. The summed E-state index contributed by atoms with van der Waals surface area (Å²) in [6.07, 6.45) is -8.57. The van der Waals surface area contributed by atoms with Crippen LogP contribution < -0.4 is 9.47 Å². The third kappa shape index (κ3) is 5.67. The van der Waals surface area contributed by atoms with Crippen molar-refractivity contribution in [3.63, 3.8) is 0 Å². The van der Waals surface area contributed by atoms with Crippen LogP contribution in [0.1, 0.15) is 17.7 Å². The molecule has 2 aromatic rings. The van der Waals surface area contributed by atoms with Crippen molar-refractivity contribution in [3.8, 4) is 17.6 Å². The van der Waals surface area contributed by atoms with Gasteiger partial charge >= 0.3 is 12.4 Å². The van der Waals surface area contributed by atoms with Gasteiger partial charge in [0.2, 0.25) is 17.6 Å². The lowest BCUT2D eigenvalue weighted by atomic mass is 10.3. The van der Waals surface area contributed by atoms with Crippen LogP contribution in [0.5, 0.6) is 17.6 Å². The minimum atomic E-state index is -4.63. The van der Waals surface area contributed by atoms with Gasteiger partial charge in [-0.15, -0.1) is 0 Å². The van der Waals surface area contributed by atoms with Crippen LogP contribution in [0.25, 0.3) is 0 Å². The Bertz CT molecular complexity index is 796. The van der Waals surface area contributed by atoms with E-state index in [0.29, 0.717) is 11.6 Å². The molecule has 0 amide bonds. The van der Waals surface area contributed by atoms with E-state index in [4.69, 9.17) is 9.47 Å². The molecule has 0 fully saturated rings. The number of hydrogen-bond donors (Lipinski definition) is 0. The average Bonchev–Trinajstić information content (AvgIpc) is 2.83. The van der Waals surface area contributed by atoms with Gasteiger partial charge in [0.15, 0.2) is 5.69 Å². The smallest absolute Gasteiger partial charge is 0.435 e. The largest absolute Gasteiger partial charge is 0.447 e. The molecule has 5 nitrogen and oxygen atoms in total. The van der Waals surface area contributed by atoms with Gasteiger partial charge in [0, 0.05) is 25.2 Å². The maximum absolute atomic E-state index is 12.7. The fraction of sp³-hybridized carbons (Fsp3) is 0.333. The predicted molar refractivity (Wildman–Crippen MR) is 77.7 cm³/mol. The number of halogens is 6. The first kappa shape index (κ1) is 19.6. The van der Waals surface area contributed by atoms with E-state index in [1.54, 1.807) is 6.92 Å². The summed E-state index contributed by atoms with van der Waals surface area (Å²) < 4.78 is 85.2. The molecule has 0 saturated carbocycles. The van der Waals surface area contributed by atoms with Crippen LogP contribution in [-0.4, -0.2) is 20.9 Å². The minimum Gasteiger partial charge on any atom is -0.447 e. The average molecular weight is 381 g/mol. The molecule has 0 aliphatic rings. The van der Waals surface area contributed by atoms with Gasteiger partial charge in [0.05, 0.1) is 12.7 Å². The van der Waals surface area contributed by atoms with Crippen LogP contribution in [0.2, 0.25) is 0 Å². The summed E-state index contributed by atoms with van der Waals surface area (Å²) in [5.41, 5.74) is -0.554. The zero-order valence-corrected chi connectivity index (χ0v) is 13.5. The number of hydrogen-bond acceptors (Lipinski definition) is 4. The molecule has 11 heteroatoms. The van der Waals surface area contributed by atoms with E-state index in [-0.39, 0.29) is 17.6 Å². The van der Waals surface area contributed by atoms with Crippen molar-refractivity contribution in [1.29, 1.82) is 0 Å². The molecule has 26 heavy (non-hydrogen) atoms. The first-order chi connectivity index (χ1) is 11.9. The second-order valence-corrected chi connectivity index (χ2v) is 5.22. The Morgan fingerprint density at radius 3 is 2.31 bits per heavy atom. The maximum Gasteiger partial charge on any atom is 0.435 e. The lowest BCUT2D eigenvalue weighted by Crippen LogP contribution is -2.06. The van der Waals surface area contributed by atoms with Crippen LogP contribution in [-0.2, 0) is 13.2 Å². The maximum atomic E-state index is 12.7. The second kappa shape index (κ2) is 7.26. The van der Waals surface area contributed by atoms with E-state index < -0.39 is 24.5 Å². The number of alkyl halides is 6. The molecule has 2 aromatic heterocycles. The van der Waals surface area contributed by atoms with E-state index in [0.717, 1.165) is 17.0 Å². The Hall–Kier alpha value is -2.72. The van der Waals surface area contributed by atoms with Crippen molar-refractivity contribution in [3.05, 3.63) is 41.8 Å². The molecule has 0 aliphatic heterocycles. The molecule has 2 heterocycles. The van der Waals surface area contributed by atoms with Gasteiger partial charge in [-0.05, 0) is 18.6 Å². The summed E-state index contributed by atoms with van der Waals surface area (Å²) in [5.74, 6) is -0.383. The van der Waals surface area contributed by atoms with Gasteiger partial charge in [-0.3, -0.25) is 0 Å². The Balaban J connectivity index is 2.14. The third-order valence-electron chi connectivity index (χ3n) is 2.89. The van der Waals surface area contributed by atoms with E-state index in [2.05, 4.69) is 10.1 Å². The van der Waals surface area contributed by atoms with Crippen LogP contribution >= 0.6 is 0 Å². The predicted octanol–water partition coefficient (Wildman–Crippen LogP) is 4.78. The van der Waals surface area contributed by atoms with Gasteiger partial charge in [0.1, 0.15) is 0 Å². The fourth-order valence-electron chi connectivity index (χ4n) is 1.81. The van der Waals surface area contributed by atoms with Crippen molar-refractivity contribution in [1.82, 2.24) is 14.8 Å². The minimum absolute atomic E-state index is 0.0726. The van der Waals surface area contributed by atoms with Crippen LogP contribution in [0, 0.1) is 6.92 Å². The Morgan fingerprint density at radius 2 is 1.73 bits per heavy atom. The molecular formula is C15H13F6N3O2. The van der Waals surface area contributed by atoms with Crippen molar-refractivity contribution in [2.45, 2.75) is 25.7 Å². The number of allylic oxidation sites excluding steroid dienone is 1.